The smallest absolute Gasteiger partial charge is 0.277 e. The normalized spacial score (nSPS) is 15.7. The number of pyridine rings is 1. The molecule has 0 amide bonds. The van der Waals surface area contributed by atoms with Gasteiger partial charge in [0.2, 0.25) is 0 Å². The summed E-state index contributed by atoms with van der Waals surface area (Å²) in [4.78, 5) is 16.6. The Morgan fingerprint density at radius 2 is 2.11 bits per heavy atom. The Hall–Kier alpha value is -2.21. The fourth-order valence-corrected chi connectivity index (χ4v) is 2.25. The average Bonchev–Trinajstić information content (AvgIpc) is 2.33. The number of benzene rings is 1. The standard InChI is InChI=1S/C12H11N3O3/c16-8-6-14(7-8)11-1-2-12(15(17)18)9-3-4-13-5-10(9)11/h1-5,8,16H,6-7H2. The number of hydrogen-bond donors (Lipinski definition) is 1. The monoisotopic (exact) mass is 245 g/mol. The highest BCUT2D eigenvalue weighted by Gasteiger charge is 2.27. The van der Waals surface area contributed by atoms with E-state index in [-0.39, 0.29) is 11.8 Å². The van der Waals surface area contributed by atoms with Crippen molar-refractivity contribution in [2.24, 2.45) is 0 Å². The number of nitro groups is 1. The predicted molar refractivity (Wildman–Crippen MR) is 66.6 cm³/mol. The maximum atomic E-state index is 11.0. The lowest BCUT2D eigenvalue weighted by atomic mass is 10.0. The number of rotatable bonds is 2. The molecule has 0 spiro atoms. The molecule has 1 saturated heterocycles. The van der Waals surface area contributed by atoms with Gasteiger partial charge in [0.1, 0.15) is 0 Å². The number of anilines is 1. The number of hydrogen-bond acceptors (Lipinski definition) is 5. The van der Waals surface area contributed by atoms with E-state index >= 15 is 0 Å². The number of aliphatic hydroxyl groups excluding tert-OH is 1. The summed E-state index contributed by atoms with van der Waals surface area (Å²) in [5, 5.41) is 21.6. The first-order valence-electron chi connectivity index (χ1n) is 5.61. The number of nitrogens with zero attached hydrogens (tertiary/aromatic N) is 3. The lowest BCUT2D eigenvalue weighted by Gasteiger charge is -2.38. The Balaban J connectivity index is 2.17. The molecule has 1 fully saturated rings. The Morgan fingerprint density at radius 1 is 1.33 bits per heavy atom. The third-order valence-corrected chi connectivity index (χ3v) is 3.17. The first-order valence-corrected chi connectivity index (χ1v) is 5.61. The van der Waals surface area contributed by atoms with E-state index in [2.05, 4.69) is 4.98 Å². The Kier molecular flexibility index (Phi) is 2.38. The van der Waals surface area contributed by atoms with Crippen molar-refractivity contribution in [3.8, 4) is 0 Å². The highest BCUT2D eigenvalue weighted by molar-refractivity contribution is 5.99. The highest BCUT2D eigenvalue weighted by atomic mass is 16.6. The third-order valence-electron chi connectivity index (χ3n) is 3.17. The lowest BCUT2D eigenvalue weighted by Crippen LogP contribution is -2.50. The van der Waals surface area contributed by atoms with E-state index in [1.54, 1.807) is 24.5 Å². The Labute approximate surface area is 103 Å². The molecule has 0 bridgehead atoms. The van der Waals surface area contributed by atoms with Gasteiger partial charge in [-0.2, -0.15) is 0 Å². The largest absolute Gasteiger partial charge is 0.389 e. The molecular weight excluding hydrogens is 234 g/mol. The molecule has 6 heteroatoms. The summed E-state index contributed by atoms with van der Waals surface area (Å²) in [6.45, 7) is 1.11. The van der Waals surface area contributed by atoms with Crippen molar-refractivity contribution in [3.63, 3.8) is 0 Å². The van der Waals surface area contributed by atoms with Gasteiger partial charge in [0.05, 0.1) is 16.4 Å². The molecule has 3 rings (SSSR count). The van der Waals surface area contributed by atoms with Gasteiger partial charge in [0.25, 0.3) is 5.69 Å². The molecule has 1 aromatic carbocycles. The maximum absolute atomic E-state index is 11.0. The molecule has 6 nitrogen and oxygen atoms in total. The van der Waals surface area contributed by atoms with E-state index in [0.29, 0.717) is 18.5 Å². The molecule has 1 aliphatic heterocycles. The summed E-state index contributed by atoms with van der Waals surface area (Å²) in [5.74, 6) is 0. The second-order valence-electron chi connectivity index (χ2n) is 4.34. The SMILES string of the molecule is O=[N+]([O-])c1ccc(N2CC(O)C2)c2cnccc12. The van der Waals surface area contributed by atoms with Crippen LogP contribution in [0.1, 0.15) is 0 Å². The highest BCUT2D eigenvalue weighted by Crippen LogP contribution is 2.34. The maximum Gasteiger partial charge on any atom is 0.277 e. The van der Waals surface area contributed by atoms with Crippen LogP contribution in [0.3, 0.4) is 0 Å². The average molecular weight is 245 g/mol. The zero-order chi connectivity index (χ0) is 12.7. The predicted octanol–water partition coefficient (Wildman–Crippen LogP) is 1.32. The molecule has 1 aliphatic rings. The van der Waals surface area contributed by atoms with Gasteiger partial charge in [-0.15, -0.1) is 0 Å². The van der Waals surface area contributed by atoms with Crippen molar-refractivity contribution in [1.29, 1.82) is 0 Å². The number of aliphatic hydroxyl groups is 1. The minimum absolute atomic E-state index is 0.0808. The summed E-state index contributed by atoms with van der Waals surface area (Å²) in [6.07, 6.45) is 2.86. The Morgan fingerprint density at radius 3 is 2.78 bits per heavy atom. The first kappa shape index (κ1) is 10.9. The number of aromatic nitrogens is 1. The van der Waals surface area contributed by atoms with Crippen molar-refractivity contribution in [2.75, 3.05) is 18.0 Å². The molecule has 18 heavy (non-hydrogen) atoms. The van der Waals surface area contributed by atoms with Crippen LogP contribution < -0.4 is 4.90 Å². The van der Waals surface area contributed by atoms with Crippen molar-refractivity contribution < 1.29 is 10.0 Å². The van der Waals surface area contributed by atoms with E-state index in [1.165, 1.54) is 6.07 Å². The van der Waals surface area contributed by atoms with Gasteiger partial charge in [-0.1, -0.05) is 0 Å². The van der Waals surface area contributed by atoms with Gasteiger partial charge in [-0.05, 0) is 12.1 Å². The third kappa shape index (κ3) is 1.58. The van der Waals surface area contributed by atoms with Crippen LogP contribution in [0.25, 0.3) is 10.8 Å². The second kappa shape index (κ2) is 3.92. The molecule has 0 unspecified atom stereocenters. The van der Waals surface area contributed by atoms with Crippen LogP contribution in [0, 0.1) is 10.1 Å². The summed E-state index contributed by atoms with van der Waals surface area (Å²) >= 11 is 0. The Bertz CT molecular complexity index is 623. The van der Waals surface area contributed by atoms with Gasteiger partial charge in [0, 0.05) is 42.6 Å². The molecule has 0 aliphatic carbocycles. The van der Waals surface area contributed by atoms with Crippen molar-refractivity contribution in [2.45, 2.75) is 6.10 Å². The molecular formula is C12H11N3O3. The fraction of sp³-hybridized carbons (Fsp3) is 0.250. The van der Waals surface area contributed by atoms with E-state index in [9.17, 15) is 15.2 Å². The van der Waals surface area contributed by atoms with Crippen molar-refractivity contribution >= 4 is 22.1 Å². The summed E-state index contributed by atoms with van der Waals surface area (Å²) in [7, 11) is 0. The molecule has 1 N–H and O–H groups in total. The minimum atomic E-state index is -0.392. The summed E-state index contributed by atoms with van der Waals surface area (Å²) in [5.41, 5.74) is 0.964. The van der Waals surface area contributed by atoms with E-state index in [1.807, 2.05) is 4.90 Å². The molecule has 2 aromatic rings. The van der Waals surface area contributed by atoms with Crippen LogP contribution in [0.4, 0.5) is 11.4 Å². The second-order valence-corrected chi connectivity index (χ2v) is 4.34. The van der Waals surface area contributed by atoms with Crippen LogP contribution in [0.2, 0.25) is 0 Å². The fourth-order valence-electron chi connectivity index (χ4n) is 2.25. The van der Waals surface area contributed by atoms with Crippen LogP contribution in [-0.4, -0.2) is 34.2 Å². The summed E-state index contributed by atoms with van der Waals surface area (Å²) < 4.78 is 0. The molecule has 0 saturated carbocycles. The summed E-state index contributed by atoms with van der Waals surface area (Å²) in [6, 6.07) is 4.86. The molecule has 0 atom stereocenters. The van der Waals surface area contributed by atoms with Crippen LogP contribution in [0.5, 0.6) is 0 Å². The van der Waals surface area contributed by atoms with Crippen molar-refractivity contribution in [1.82, 2.24) is 4.98 Å². The molecule has 1 aromatic heterocycles. The zero-order valence-electron chi connectivity index (χ0n) is 9.48. The van der Waals surface area contributed by atoms with Crippen LogP contribution >= 0.6 is 0 Å². The van der Waals surface area contributed by atoms with Crippen LogP contribution in [0.15, 0.2) is 30.6 Å². The van der Waals surface area contributed by atoms with E-state index in [4.69, 9.17) is 0 Å². The van der Waals surface area contributed by atoms with E-state index in [0.717, 1.165) is 11.1 Å². The molecule has 0 radical (unpaired) electrons. The van der Waals surface area contributed by atoms with Gasteiger partial charge < -0.3 is 10.0 Å². The number of non-ortho nitro benzene ring substituents is 1. The number of β-amino-alcohol motifs (C(OH)–C–C–N with tert-alkyl or cyclic N) is 1. The molecule has 92 valence electrons. The van der Waals surface area contributed by atoms with Gasteiger partial charge in [0.15, 0.2) is 0 Å². The topological polar surface area (TPSA) is 79.5 Å². The zero-order valence-corrected chi connectivity index (χ0v) is 9.48. The first-order chi connectivity index (χ1) is 8.66. The molecule has 2 heterocycles. The van der Waals surface area contributed by atoms with Crippen molar-refractivity contribution in [3.05, 3.63) is 40.7 Å². The quantitative estimate of drug-likeness (QED) is 0.637. The number of nitro benzene ring substituents is 1. The van der Waals surface area contributed by atoms with Gasteiger partial charge in [-0.3, -0.25) is 15.1 Å². The van der Waals surface area contributed by atoms with Gasteiger partial charge >= 0.3 is 0 Å². The number of fused-ring (bicyclic) bond motifs is 1. The van der Waals surface area contributed by atoms with Gasteiger partial charge in [-0.25, -0.2) is 0 Å². The minimum Gasteiger partial charge on any atom is -0.389 e. The van der Waals surface area contributed by atoms with Crippen LogP contribution in [-0.2, 0) is 0 Å². The lowest BCUT2D eigenvalue weighted by molar-refractivity contribution is -0.383. The van der Waals surface area contributed by atoms with E-state index < -0.39 is 4.92 Å².